The summed E-state index contributed by atoms with van der Waals surface area (Å²) in [4.78, 5) is 22.9. The molecule has 96 valence electrons. The molecule has 0 spiro atoms. The SMILES string of the molecule is Cc1cc2c(C(=O)C(=O)O)c3oc(C)cc3cc2o1. The van der Waals surface area contributed by atoms with Crippen LogP contribution in [0.5, 0.6) is 0 Å². The molecule has 0 atom stereocenters. The van der Waals surface area contributed by atoms with Gasteiger partial charge in [0.2, 0.25) is 0 Å². The van der Waals surface area contributed by atoms with Crippen LogP contribution < -0.4 is 0 Å². The molecule has 3 rings (SSSR count). The lowest BCUT2D eigenvalue weighted by Gasteiger charge is -1.99. The molecular weight excluding hydrogens is 248 g/mol. The summed E-state index contributed by atoms with van der Waals surface area (Å²) in [5.41, 5.74) is 0.818. The van der Waals surface area contributed by atoms with E-state index in [0.29, 0.717) is 33.5 Å². The second kappa shape index (κ2) is 3.71. The number of rotatable bonds is 2. The summed E-state index contributed by atoms with van der Waals surface area (Å²) >= 11 is 0. The monoisotopic (exact) mass is 258 g/mol. The van der Waals surface area contributed by atoms with Gasteiger partial charge in [0.15, 0.2) is 0 Å². The maximum Gasteiger partial charge on any atom is 0.377 e. The van der Waals surface area contributed by atoms with Crippen LogP contribution in [0.4, 0.5) is 0 Å². The van der Waals surface area contributed by atoms with Crippen molar-refractivity contribution < 1.29 is 23.5 Å². The fourth-order valence-corrected chi connectivity index (χ4v) is 2.27. The normalized spacial score (nSPS) is 11.3. The van der Waals surface area contributed by atoms with Crippen LogP contribution in [0.15, 0.2) is 27.0 Å². The molecular formula is C14H10O5. The summed E-state index contributed by atoms with van der Waals surface area (Å²) in [5, 5.41) is 10.1. The summed E-state index contributed by atoms with van der Waals surface area (Å²) in [6, 6.07) is 5.13. The lowest BCUT2D eigenvalue weighted by atomic mass is 10.0. The molecule has 3 aromatic rings. The molecule has 5 nitrogen and oxygen atoms in total. The number of aryl methyl sites for hydroxylation is 2. The largest absolute Gasteiger partial charge is 0.475 e. The zero-order chi connectivity index (χ0) is 13.7. The fraction of sp³-hybridized carbons (Fsp3) is 0.143. The van der Waals surface area contributed by atoms with Crippen molar-refractivity contribution in [3.8, 4) is 0 Å². The summed E-state index contributed by atoms with van der Waals surface area (Å²) in [5.74, 6) is -1.29. The van der Waals surface area contributed by atoms with E-state index in [9.17, 15) is 9.59 Å². The Hall–Kier alpha value is -2.56. The number of carbonyl (C=O) groups excluding carboxylic acids is 1. The Morgan fingerprint density at radius 3 is 2.42 bits per heavy atom. The molecule has 0 radical (unpaired) electrons. The standard InChI is InChI=1S/C14H10O5/c1-6-3-8-5-10-9(4-7(2)18-10)11(13(8)19-6)12(15)14(16)17/h3-5H,1-2H3,(H,16,17). The van der Waals surface area contributed by atoms with Crippen molar-refractivity contribution in [3.05, 3.63) is 35.3 Å². The number of ketones is 1. The van der Waals surface area contributed by atoms with Gasteiger partial charge >= 0.3 is 5.97 Å². The van der Waals surface area contributed by atoms with Crippen LogP contribution in [0.1, 0.15) is 21.9 Å². The molecule has 1 aromatic carbocycles. The van der Waals surface area contributed by atoms with Gasteiger partial charge in [0, 0.05) is 10.8 Å². The van der Waals surface area contributed by atoms with Crippen molar-refractivity contribution in [2.75, 3.05) is 0 Å². The Balaban J connectivity index is 2.51. The number of carboxylic acid groups (broad SMARTS) is 1. The van der Waals surface area contributed by atoms with E-state index in [1.54, 1.807) is 32.0 Å². The molecule has 0 saturated heterocycles. The van der Waals surface area contributed by atoms with Gasteiger partial charge in [-0.15, -0.1) is 0 Å². The average Bonchev–Trinajstić information content (AvgIpc) is 2.85. The van der Waals surface area contributed by atoms with Crippen LogP contribution in [-0.4, -0.2) is 16.9 Å². The van der Waals surface area contributed by atoms with Crippen molar-refractivity contribution in [2.24, 2.45) is 0 Å². The van der Waals surface area contributed by atoms with E-state index in [1.165, 1.54) is 0 Å². The number of furan rings is 2. The van der Waals surface area contributed by atoms with Gasteiger partial charge in [-0.05, 0) is 32.0 Å². The van der Waals surface area contributed by atoms with Gasteiger partial charge in [-0.2, -0.15) is 0 Å². The molecule has 0 aliphatic heterocycles. The summed E-state index contributed by atoms with van der Waals surface area (Å²) in [7, 11) is 0. The van der Waals surface area contributed by atoms with E-state index < -0.39 is 11.8 Å². The minimum absolute atomic E-state index is 0.0463. The molecule has 2 heterocycles. The smallest absolute Gasteiger partial charge is 0.377 e. The van der Waals surface area contributed by atoms with Crippen molar-refractivity contribution in [2.45, 2.75) is 13.8 Å². The topological polar surface area (TPSA) is 80.7 Å². The quantitative estimate of drug-likeness (QED) is 0.564. The van der Waals surface area contributed by atoms with Crippen molar-refractivity contribution >= 4 is 33.7 Å². The van der Waals surface area contributed by atoms with Crippen molar-refractivity contribution in [1.82, 2.24) is 0 Å². The van der Waals surface area contributed by atoms with E-state index >= 15 is 0 Å². The molecule has 5 heteroatoms. The minimum atomic E-state index is -1.51. The number of aliphatic carboxylic acids is 1. The van der Waals surface area contributed by atoms with Crippen LogP contribution in [0.3, 0.4) is 0 Å². The molecule has 1 N–H and O–H groups in total. The number of fused-ring (bicyclic) bond motifs is 2. The Morgan fingerprint density at radius 1 is 1.05 bits per heavy atom. The molecule has 0 amide bonds. The summed E-state index contributed by atoms with van der Waals surface area (Å²) < 4.78 is 10.9. The number of Topliss-reactive ketones (excluding diaryl/α,β-unsaturated/α-hetero) is 1. The zero-order valence-electron chi connectivity index (χ0n) is 10.3. The first kappa shape index (κ1) is 11.5. The first-order valence-corrected chi connectivity index (χ1v) is 5.68. The highest BCUT2D eigenvalue weighted by molar-refractivity contribution is 6.44. The first-order valence-electron chi connectivity index (χ1n) is 5.68. The fourth-order valence-electron chi connectivity index (χ4n) is 2.27. The number of hydrogen-bond acceptors (Lipinski definition) is 4. The second-order valence-electron chi connectivity index (χ2n) is 4.43. The molecule has 2 aromatic heterocycles. The lowest BCUT2D eigenvalue weighted by Crippen LogP contribution is -2.13. The number of hydrogen-bond donors (Lipinski definition) is 1. The van der Waals surface area contributed by atoms with Gasteiger partial charge in [-0.3, -0.25) is 4.79 Å². The Morgan fingerprint density at radius 2 is 1.74 bits per heavy atom. The van der Waals surface area contributed by atoms with Crippen molar-refractivity contribution in [3.63, 3.8) is 0 Å². The van der Waals surface area contributed by atoms with E-state index in [2.05, 4.69) is 0 Å². The van der Waals surface area contributed by atoms with Crippen LogP contribution >= 0.6 is 0 Å². The van der Waals surface area contributed by atoms with Gasteiger partial charge in [0.05, 0.1) is 5.56 Å². The predicted octanol–water partition coefficient (Wildman–Crippen LogP) is 3.06. The Kier molecular flexibility index (Phi) is 2.25. The highest BCUT2D eigenvalue weighted by atomic mass is 16.4. The third-order valence-corrected chi connectivity index (χ3v) is 2.97. The number of benzene rings is 1. The number of carbonyl (C=O) groups is 2. The summed E-state index contributed by atoms with van der Waals surface area (Å²) in [6.45, 7) is 3.48. The van der Waals surface area contributed by atoms with Gasteiger partial charge < -0.3 is 13.9 Å². The minimum Gasteiger partial charge on any atom is -0.475 e. The number of carboxylic acids is 1. The second-order valence-corrected chi connectivity index (χ2v) is 4.43. The lowest BCUT2D eigenvalue weighted by molar-refractivity contribution is -0.131. The molecule has 0 bridgehead atoms. The summed E-state index contributed by atoms with van der Waals surface area (Å²) in [6.07, 6.45) is 0. The first-order chi connectivity index (χ1) is 8.97. The van der Waals surface area contributed by atoms with Gasteiger partial charge in [-0.25, -0.2) is 4.79 Å². The Bertz CT molecular complexity index is 780. The Labute approximate surface area is 107 Å². The van der Waals surface area contributed by atoms with Crippen LogP contribution in [-0.2, 0) is 4.79 Å². The highest BCUT2D eigenvalue weighted by Crippen LogP contribution is 2.32. The van der Waals surface area contributed by atoms with E-state index in [0.717, 1.165) is 0 Å². The molecule has 0 unspecified atom stereocenters. The van der Waals surface area contributed by atoms with E-state index in [1.807, 2.05) is 0 Å². The molecule has 0 saturated carbocycles. The maximum absolute atomic E-state index is 11.9. The predicted molar refractivity (Wildman–Crippen MR) is 67.4 cm³/mol. The molecule has 0 fully saturated rings. The van der Waals surface area contributed by atoms with E-state index in [4.69, 9.17) is 13.9 Å². The van der Waals surface area contributed by atoms with Crippen molar-refractivity contribution in [1.29, 1.82) is 0 Å². The average molecular weight is 258 g/mol. The van der Waals surface area contributed by atoms with E-state index in [-0.39, 0.29) is 5.56 Å². The van der Waals surface area contributed by atoms with Crippen LogP contribution in [0.2, 0.25) is 0 Å². The highest BCUT2D eigenvalue weighted by Gasteiger charge is 2.25. The van der Waals surface area contributed by atoms with Gasteiger partial charge in [0.1, 0.15) is 22.7 Å². The molecule has 19 heavy (non-hydrogen) atoms. The van der Waals surface area contributed by atoms with Crippen LogP contribution in [0.25, 0.3) is 21.9 Å². The third-order valence-electron chi connectivity index (χ3n) is 2.97. The zero-order valence-corrected chi connectivity index (χ0v) is 10.3. The van der Waals surface area contributed by atoms with Gasteiger partial charge in [0.25, 0.3) is 5.78 Å². The van der Waals surface area contributed by atoms with Crippen LogP contribution in [0, 0.1) is 13.8 Å². The van der Waals surface area contributed by atoms with Gasteiger partial charge in [-0.1, -0.05) is 0 Å². The third kappa shape index (κ3) is 1.62. The molecule has 0 aliphatic rings. The maximum atomic E-state index is 11.9. The molecule has 0 aliphatic carbocycles.